The minimum absolute atomic E-state index is 0.578. The number of rotatable bonds is 1. The van der Waals surface area contributed by atoms with Crippen molar-refractivity contribution in [1.82, 2.24) is 0 Å². The summed E-state index contributed by atoms with van der Waals surface area (Å²) in [5.74, 6) is 0.578. The molecule has 2 rings (SSSR count). The number of benzene rings is 1. The van der Waals surface area contributed by atoms with Gasteiger partial charge in [-0.15, -0.1) is 0 Å². The molecular formula is C13H16N2. The Balaban J connectivity index is 2.30. The van der Waals surface area contributed by atoms with Gasteiger partial charge in [-0.05, 0) is 36.5 Å². The lowest BCUT2D eigenvalue weighted by Gasteiger charge is -2.22. The maximum absolute atomic E-state index is 9.07. The molecule has 0 saturated heterocycles. The molecule has 0 spiro atoms. The van der Waals surface area contributed by atoms with E-state index in [1.54, 1.807) is 6.07 Å². The Morgan fingerprint density at radius 2 is 1.93 bits per heavy atom. The third kappa shape index (κ3) is 2.12. The molecule has 1 saturated carbocycles. The van der Waals surface area contributed by atoms with E-state index in [-0.39, 0.29) is 0 Å². The smallest absolute Gasteiger partial charge is 0.0995 e. The monoisotopic (exact) mass is 200 g/mol. The fourth-order valence-electron chi connectivity index (χ4n) is 2.44. The van der Waals surface area contributed by atoms with E-state index in [1.807, 2.05) is 12.1 Å². The number of nitrogens with zero attached hydrogens (tertiary/aromatic N) is 1. The van der Waals surface area contributed by atoms with Crippen molar-refractivity contribution >= 4 is 5.69 Å². The van der Waals surface area contributed by atoms with Crippen LogP contribution in [0.1, 0.15) is 49.1 Å². The molecule has 1 aromatic carbocycles. The maximum atomic E-state index is 9.07. The Morgan fingerprint density at radius 1 is 1.20 bits per heavy atom. The number of hydrogen-bond donors (Lipinski definition) is 1. The minimum Gasteiger partial charge on any atom is -0.399 e. The third-order valence-corrected chi connectivity index (χ3v) is 3.24. The van der Waals surface area contributed by atoms with Crippen molar-refractivity contribution in [1.29, 1.82) is 5.26 Å². The first-order valence-corrected chi connectivity index (χ1v) is 5.61. The molecule has 0 unspecified atom stereocenters. The fraction of sp³-hybridized carbons (Fsp3) is 0.462. The first kappa shape index (κ1) is 10.0. The van der Waals surface area contributed by atoms with Crippen molar-refractivity contribution in [2.24, 2.45) is 0 Å². The Morgan fingerprint density at radius 3 is 2.60 bits per heavy atom. The van der Waals surface area contributed by atoms with E-state index in [0.717, 1.165) is 5.56 Å². The Bertz CT molecular complexity index is 384. The largest absolute Gasteiger partial charge is 0.399 e. The molecule has 0 amide bonds. The van der Waals surface area contributed by atoms with E-state index in [9.17, 15) is 0 Å². The standard InChI is InChI=1S/C13H16N2/c14-9-11-8-12(15)6-7-13(11)10-4-2-1-3-5-10/h6-8,10H,1-5,15H2. The van der Waals surface area contributed by atoms with Crippen LogP contribution in [-0.2, 0) is 0 Å². The van der Waals surface area contributed by atoms with Gasteiger partial charge in [0.1, 0.15) is 0 Å². The summed E-state index contributed by atoms with van der Waals surface area (Å²) < 4.78 is 0. The molecule has 0 aromatic heterocycles. The molecule has 0 aliphatic heterocycles. The van der Waals surface area contributed by atoms with E-state index in [0.29, 0.717) is 11.6 Å². The molecule has 2 heteroatoms. The van der Waals surface area contributed by atoms with Gasteiger partial charge < -0.3 is 5.73 Å². The van der Waals surface area contributed by atoms with Crippen LogP contribution in [0.15, 0.2) is 18.2 Å². The van der Waals surface area contributed by atoms with Gasteiger partial charge in [0.15, 0.2) is 0 Å². The second-order valence-electron chi connectivity index (χ2n) is 4.29. The highest BCUT2D eigenvalue weighted by atomic mass is 14.5. The number of nitrogen functional groups attached to an aromatic ring is 1. The summed E-state index contributed by atoms with van der Waals surface area (Å²) in [6, 6.07) is 7.99. The average molecular weight is 200 g/mol. The second-order valence-corrected chi connectivity index (χ2v) is 4.29. The molecule has 2 N–H and O–H groups in total. The summed E-state index contributed by atoms with van der Waals surface area (Å²) >= 11 is 0. The normalized spacial score (nSPS) is 17.3. The van der Waals surface area contributed by atoms with Crippen molar-refractivity contribution < 1.29 is 0 Å². The van der Waals surface area contributed by atoms with Gasteiger partial charge in [0.05, 0.1) is 11.6 Å². The SMILES string of the molecule is N#Cc1cc(N)ccc1C1CCCCC1. The molecule has 2 nitrogen and oxygen atoms in total. The summed E-state index contributed by atoms with van der Waals surface area (Å²) in [5.41, 5.74) is 8.33. The third-order valence-electron chi connectivity index (χ3n) is 3.24. The van der Waals surface area contributed by atoms with Gasteiger partial charge in [0, 0.05) is 5.69 Å². The van der Waals surface area contributed by atoms with Crippen molar-refractivity contribution in [3.63, 3.8) is 0 Å². The molecule has 78 valence electrons. The molecule has 1 aliphatic rings. The van der Waals surface area contributed by atoms with Crippen LogP contribution in [0.5, 0.6) is 0 Å². The van der Waals surface area contributed by atoms with Gasteiger partial charge >= 0.3 is 0 Å². The van der Waals surface area contributed by atoms with E-state index in [2.05, 4.69) is 6.07 Å². The molecule has 0 atom stereocenters. The second kappa shape index (κ2) is 4.35. The highest BCUT2D eigenvalue weighted by Crippen LogP contribution is 2.34. The van der Waals surface area contributed by atoms with Gasteiger partial charge in [-0.25, -0.2) is 0 Å². The molecule has 0 radical (unpaired) electrons. The number of anilines is 1. The van der Waals surface area contributed by atoms with Gasteiger partial charge in [-0.1, -0.05) is 25.3 Å². The Labute approximate surface area is 90.7 Å². The molecule has 1 aromatic rings. The van der Waals surface area contributed by atoms with Gasteiger partial charge in [-0.3, -0.25) is 0 Å². The first-order chi connectivity index (χ1) is 7.31. The van der Waals surface area contributed by atoms with Gasteiger partial charge in [-0.2, -0.15) is 5.26 Å². The lowest BCUT2D eigenvalue weighted by atomic mass is 9.82. The summed E-state index contributed by atoms with van der Waals surface area (Å²) in [5, 5.41) is 9.07. The zero-order valence-electron chi connectivity index (χ0n) is 8.87. The minimum atomic E-state index is 0.578. The summed E-state index contributed by atoms with van der Waals surface area (Å²) in [6.07, 6.45) is 6.37. The first-order valence-electron chi connectivity index (χ1n) is 5.61. The molecule has 15 heavy (non-hydrogen) atoms. The van der Waals surface area contributed by atoms with E-state index < -0.39 is 0 Å². The molecule has 0 bridgehead atoms. The molecule has 0 heterocycles. The summed E-state index contributed by atoms with van der Waals surface area (Å²) in [4.78, 5) is 0. The fourth-order valence-corrected chi connectivity index (χ4v) is 2.44. The van der Waals surface area contributed by atoms with Crippen LogP contribution in [-0.4, -0.2) is 0 Å². The lowest BCUT2D eigenvalue weighted by Crippen LogP contribution is -2.06. The zero-order valence-corrected chi connectivity index (χ0v) is 8.87. The van der Waals surface area contributed by atoms with Crippen LogP contribution in [0, 0.1) is 11.3 Å². The number of nitrogens with two attached hydrogens (primary N) is 1. The highest BCUT2D eigenvalue weighted by Gasteiger charge is 2.18. The topological polar surface area (TPSA) is 49.8 Å². The molecule has 1 aliphatic carbocycles. The van der Waals surface area contributed by atoms with Crippen LogP contribution in [0.3, 0.4) is 0 Å². The Hall–Kier alpha value is -1.49. The quantitative estimate of drug-likeness (QED) is 0.708. The van der Waals surface area contributed by atoms with E-state index >= 15 is 0 Å². The average Bonchev–Trinajstić information content (AvgIpc) is 2.30. The molecular weight excluding hydrogens is 184 g/mol. The van der Waals surface area contributed by atoms with E-state index in [1.165, 1.54) is 37.7 Å². The van der Waals surface area contributed by atoms with E-state index in [4.69, 9.17) is 11.0 Å². The van der Waals surface area contributed by atoms with Crippen molar-refractivity contribution in [3.05, 3.63) is 29.3 Å². The van der Waals surface area contributed by atoms with Gasteiger partial charge in [0.25, 0.3) is 0 Å². The predicted octanol–water partition coefficient (Wildman–Crippen LogP) is 3.19. The van der Waals surface area contributed by atoms with Crippen molar-refractivity contribution in [3.8, 4) is 6.07 Å². The zero-order chi connectivity index (χ0) is 10.7. The highest BCUT2D eigenvalue weighted by molar-refractivity contribution is 5.51. The predicted molar refractivity (Wildman–Crippen MR) is 61.4 cm³/mol. The maximum Gasteiger partial charge on any atom is 0.0995 e. The molecule has 1 fully saturated rings. The van der Waals surface area contributed by atoms with Crippen LogP contribution < -0.4 is 5.73 Å². The lowest BCUT2D eigenvalue weighted by molar-refractivity contribution is 0.443. The summed E-state index contributed by atoms with van der Waals surface area (Å²) in [6.45, 7) is 0. The number of nitriles is 1. The van der Waals surface area contributed by atoms with Crippen LogP contribution in [0.2, 0.25) is 0 Å². The van der Waals surface area contributed by atoms with Crippen LogP contribution in [0.25, 0.3) is 0 Å². The van der Waals surface area contributed by atoms with Crippen LogP contribution >= 0.6 is 0 Å². The number of hydrogen-bond acceptors (Lipinski definition) is 2. The van der Waals surface area contributed by atoms with Crippen LogP contribution in [0.4, 0.5) is 5.69 Å². The summed E-state index contributed by atoms with van der Waals surface area (Å²) in [7, 11) is 0. The van der Waals surface area contributed by atoms with Crippen molar-refractivity contribution in [2.75, 3.05) is 5.73 Å². The van der Waals surface area contributed by atoms with Gasteiger partial charge in [0.2, 0.25) is 0 Å². The Kier molecular flexibility index (Phi) is 2.91. The van der Waals surface area contributed by atoms with Crippen molar-refractivity contribution in [2.45, 2.75) is 38.0 Å².